The number of nitrogens with one attached hydrogen (secondary N) is 1. The van der Waals surface area contributed by atoms with Crippen LogP contribution in [0.1, 0.15) is 0 Å². The number of fused-ring (bicyclic) bond motifs is 1. The number of rotatable bonds is 4. The number of pyridine rings is 1. The number of aryl methyl sites for hydroxylation is 1. The van der Waals surface area contributed by atoms with Crippen LogP contribution in [0.15, 0.2) is 79.3 Å². The predicted molar refractivity (Wildman–Crippen MR) is 139 cm³/mol. The molecule has 0 unspecified atom stereocenters. The molecule has 0 radical (unpaired) electrons. The monoisotopic (exact) mass is 468 g/mol. The first-order chi connectivity index (χ1) is 16.7. The Morgan fingerprint density at radius 1 is 0.882 bits per heavy atom. The number of hydrogen-bond donors (Lipinski definition) is 1. The molecule has 0 saturated carbocycles. The van der Waals surface area contributed by atoms with Gasteiger partial charge in [-0.2, -0.15) is 5.10 Å². The maximum absolute atomic E-state index is 6.77. The van der Waals surface area contributed by atoms with E-state index in [1.807, 2.05) is 23.0 Å². The van der Waals surface area contributed by atoms with E-state index >= 15 is 0 Å². The SMILES string of the molecule is Cn1c(-c2ccc(N3CCNCC3)cc2)c(-c2cccc(-n3cccn3)c2)c2c(Cl)ccnc21. The van der Waals surface area contributed by atoms with Crippen LogP contribution in [0.5, 0.6) is 0 Å². The molecule has 34 heavy (non-hydrogen) atoms. The van der Waals surface area contributed by atoms with Crippen LogP contribution in [0, 0.1) is 0 Å². The van der Waals surface area contributed by atoms with E-state index in [1.54, 1.807) is 12.4 Å². The van der Waals surface area contributed by atoms with Gasteiger partial charge in [0.25, 0.3) is 0 Å². The van der Waals surface area contributed by atoms with Gasteiger partial charge < -0.3 is 14.8 Å². The molecule has 1 aliphatic rings. The number of benzene rings is 2. The van der Waals surface area contributed by atoms with Crippen LogP contribution >= 0.6 is 11.6 Å². The highest BCUT2D eigenvalue weighted by atomic mass is 35.5. The minimum absolute atomic E-state index is 0.698. The Bertz CT molecular complexity index is 1450. The third kappa shape index (κ3) is 3.56. The van der Waals surface area contributed by atoms with E-state index in [4.69, 9.17) is 11.6 Å². The molecule has 4 heterocycles. The van der Waals surface area contributed by atoms with Crippen LogP contribution in [-0.2, 0) is 7.05 Å². The van der Waals surface area contributed by atoms with Gasteiger partial charge in [0.05, 0.1) is 16.4 Å². The Morgan fingerprint density at radius 3 is 2.47 bits per heavy atom. The second-order valence-electron chi connectivity index (χ2n) is 8.56. The normalized spacial score (nSPS) is 14.1. The fraction of sp³-hybridized carbons (Fsp3) is 0.185. The highest BCUT2D eigenvalue weighted by Crippen LogP contribution is 2.43. The lowest BCUT2D eigenvalue weighted by Gasteiger charge is -2.29. The summed E-state index contributed by atoms with van der Waals surface area (Å²) in [7, 11) is 2.06. The average Bonchev–Trinajstić information content (AvgIpc) is 3.53. The highest BCUT2D eigenvalue weighted by Gasteiger charge is 2.22. The molecule has 3 aromatic heterocycles. The lowest BCUT2D eigenvalue weighted by molar-refractivity contribution is 0.589. The summed E-state index contributed by atoms with van der Waals surface area (Å²) in [6, 6.07) is 21.1. The largest absolute Gasteiger partial charge is 0.369 e. The quantitative estimate of drug-likeness (QED) is 0.396. The molecule has 1 saturated heterocycles. The van der Waals surface area contributed by atoms with E-state index in [0.717, 1.165) is 65.3 Å². The van der Waals surface area contributed by atoms with E-state index in [0.29, 0.717) is 5.02 Å². The molecule has 0 amide bonds. The van der Waals surface area contributed by atoms with Crippen molar-refractivity contribution in [2.24, 2.45) is 7.05 Å². The van der Waals surface area contributed by atoms with E-state index < -0.39 is 0 Å². The standard InChI is InChI=1S/C27H25ClN6/c1-32-26(19-6-8-21(9-7-19)33-16-13-29-14-17-33)24(25-23(28)10-12-30-27(25)32)20-4-2-5-22(18-20)34-15-3-11-31-34/h2-12,15,18,29H,13-14,16-17H2,1H3. The highest BCUT2D eigenvalue weighted by molar-refractivity contribution is 6.37. The molecule has 0 atom stereocenters. The van der Waals surface area contributed by atoms with Crippen LogP contribution in [0.3, 0.4) is 0 Å². The van der Waals surface area contributed by atoms with Crippen molar-refractivity contribution in [3.8, 4) is 28.1 Å². The van der Waals surface area contributed by atoms with Crippen LogP contribution < -0.4 is 10.2 Å². The van der Waals surface area contributed by atoms with Crippen LogP contribution in [0.25, 0.3) is 39.1 Å². The summed E-state index contributed by atoms with van der Waals surface area (Å²) in [6.45, 7) is 4.09. The number of piperazine rings is 1. The molecule has 0 spiro atoms. The number of anilines is 1. The third-order valence-corrected chi connectivity index (χ3v) is 6.86. The zero-order valence-electron chi connectivity index (χ0n) is 18.9. The zero-order chi connectivity index (χ0) is 23.1. The lowest BCUT2D eigenvalue weighted by Crippen LogP contribution is -2.43. The molecule has 6 rings (SSSR count). The molecule has 6 nitrogen and oxygen atoms in total. The van der Waals surface area contributed by atoms with Gasteiger partial charge in [0.1, 0.15) is 5.65 Å². The third-order valence-electron chi connectivity index (χ3n) is 6.55. The molecule has 170 valence electrons. The molecule has 1 aliphatic heterocycles. The van der Waals surface area contributed by atoms with Gasteiger partial charge in [-0.05, 0) is 47.5 Å². The minimum atomic E-state index is 0.698. The molecular weight excluding hydrogens is 444 g/mol. The van der Waals surface area contributed by atoms with Crippen molar-refractivity contribution in [1.29, 1.82) is 0 Å². The Hall–Kier alpha value is -3.61. The van der Waals surface area contributed by atoms with Gasteiger partial charge >= 0.3 is 0 Å². The first-order valence-electron chi connectivity index (χ1n) is 11.5. The number of halogens is 1. The Kier molecular flexibility index (Phi) is 5.32. The Morgan fingerprint density at radius 2 is 1.71 bits per heavy atom. The Labute approximate surface area is 203 Å². The van der Waals surface area contributed by atoms with Crippen molar-refractivity contribution < 1.29 is 0 Å². The smallest absolute Gasteiger partial charge is 0.142 e. The molecule has 5 aromatic rings. The summed E-state index contributed by atoms with van der Waals surface area (Å²) in [6.07, 6.45) is 5.51. The fourth-order valence-corrected chi connectivity index (χ4v) is 5.14. The van der Waals surface area contributed by atoms with Crippen LogP contribution in [0.2, 0.25) is 5.02 Å². The van der Waals surface area contributed by atoms with E-state index in [2.05, 4.69) is 80.4 Å². The van der Waals surface area contributed by atoms with Crippen molar-refractivity contribution in [1.82, 2.24) is 24.6 Å². The number of aromatic nitrogens is 4. The van der Waals surface area contributed by atoms with Crippen molar-refractivity contribution >= 4 is 28.3 Å². The van der Waals surface area contributed by atoms with Crippen molar-refractivity contribution in [3.63, 3.8) is 0 Å². The first-order valence-corrected chi connectivity index (χ1v) is 11.9. The molecule has 0 aliphatic carbocycles. The van der Waals surface area contributed by atoms with Gasteiger partial charge in [-0.25, -0.2) is 9.67 Å². The van der Waals surface area contributed by atoms with E-state index in [1.165, 1.54) is 5.69 Å². The molecule has 1 fully saturated rings. The van der Waals surface area contributed by atoms with Gasteiger partial charge in [-0.3, -0.25) is 0 Å². The number of nitrogens with zero attached hydrogens (tertiary/aromatic N) is 5. The van der Waals surface area contributed by atoms with Gasteiger partial charge in [-0.15, -0.1) is 0 Å². The number of hydrogen-bond acceptors (Lipinski definition) is 4. The lowest BCUT2D eigenvalue weighted by atomic mass is 9.98. The van der Waals surface area contributed by atoms with Gasteiger partial charge in [0.15, 0.2) is 0 Å². The van der Waals surface area contributed by atoms with Gasteiger partial charge in [0.2, 0.25) is 0 Å². The Balaban J connectivity index is 1.53. The summed E-state index contributed by atoms with van der Waals surface area (Å²) >= 11 is 6.77. The maximum atomic E-state index is 6.77. The molecule has 7 heteroatoms. The molecule has 0 bridgehead atoms. The maximum Gasteiger partial charge on any atom is 0.142 e. The summed E-state index contributed by atoms with van der Waals surface area (Å²) in [4.78, 5) is 7.11. The summed E-state index contributed by atoms with van der Waals surface area (Å²) < 4.78 is 4.02. The van der Waals surface area contributed by atoms with Crippen molar-refractivity contribution in [2.75, 3.05) is 31.1 Å². The second kappa shape index (κ2) is 8.63. The second-order valence-corrected chi connectivity index (χ2v) is 8.97. The summed E-state index contributed by atoms with van der Waals surface area (Å²) in [5.74, 6) is 0. The van der Waals surface area contributed by atoms with E-state index in [9.17, 15) is 0 Å². The molecule has 2 aromatic carbocycles. The average molecular weight is 469 g/mol. The molecular formula is C27H25ClN6. The van der Waals surface area contributed by atoms with Crippen molar-refractivity contribution in [3.05, 3.63) is 84.3 Å². The summed E-state index contributed by atoms with van der Waals surface area (Å²) in [5, 5.41) is 9.49. The topological polar surface area (TPSA) is 50.9 Å². The minimum Gasteiger partial charge on any atom is -0.369 e. The van der Waals surface area contributed by atoms with Crippen molar-refractivity contribution in [2.45, 2.75) is 0 Å². The first kappa shape index (κ1) is 21.0. The van der Waals surface area contributed by atoms with Crippen LogP contribution in [-0.4, -0.2) is 45.5 Å². The van der Waals surface area contributed by atoms with E-state index in [-0.39, 0.29) is 0 Å². The summed E-state index contributed by atoms with van der Waals surface area (Å²) in [5.41, 5.74) is 7.51. The van der Waals surface area contributed by atoms with Crippen LogP contribution in [0.4, 0.5) is 5.69 Å². The fourth-order valence-electron chi connectivity index (χ4n) is 4.90. The molecule has 1 N–H and O–H groups in total. The predicted octanol–water partition coefficient (Wildman–Crippen LogP) is 5.16. The zero-order valence-corrected chi connectivity index (χ0v) is 19.7. The van der Waals surface area contributed by atoms with Gasteiger partial charge in [-0.1, -0.05) is 35.9 Å². The van der Waals surface area contributed by atoms with Gasteiger partial charge in [0, 0.05) is 68.5 Å².